The highest BCUT2D eigenvalue weighted by Gasteiger charge is 2.56. The molecule has 0 aromatic heterocycles. The molecule has 2 saturated carbocycles. The molecular weight excluding hydrogens is 246 g/mol. The van der Waals surface area contributed by atoms with Crippen molar-refractivity contribution in [1.29, 1.82) is 0 Å². The molecule has 110 valence electrons. The molecule has 2 heteroatoms. The number of hydrogen-bond acceptors (Lipinski definition) is 2. The van der Waals surface area contributed by atoms with Crippen LogP contribution in [0.4, 0.5) is 0 Å². The molecule has 0 aliphatic heterocycles. The van der Waals surface area contributed by atoms with Crippen LogP contribution in [0.25, 0.3) is 0 Å². The van der Waals surface area contributed by atoms with Crippen LogP contribution in [0.5, 0.6) is 0 Å². The van der Waals surface area contributed by atoms with E-state index in [-0.39, 0.29) is 0 Å². The molecule has 1 spiro atoms. The van der Waals surface area contributed by atoms with E-state index < -0.39 is 0 Å². The molecule has 3 rings (SSSR count). The third-order valence-corrected chi connectivity index (χ3v) is 5.44. The Labute approximate surface area is 122 Å². The highest BCUT2D eigenvalue weighted by Crippen LogP contribution is 2.55. The van der Waals surface area contributed by atoms with Crippen molar-refractivity contribution in [1.82, 2.24) is 5.32 Å². The summed E-state index contributed by atoms with van der Waals surface area (Å²) in [6.07, 6.45) is 7.12. The summed E-state index contributed by atoms with van der Waals surface area (Å²) in [5, 5.41) is 3.87. The summed E-state index contributed by atoms with van der Waals surface area (Å²) in [5.41, 5.74) is 1.82. The van der Waals surface area contributed by atoms with Gasteiger partial charge in [-0.15, -0.1) is 0 Å². The van der Waals surface area contributed by atoms with Gasteiger partial charge in [-0.25, -0.2) is 0 Å². The predicted molar refractivity (Wildman–Crippen MR) is 82.7 cm³/mol. The van der Waals surface area contributed by atoms with Crippen molar-refractivity contribution in [3.05, 3.63) is 35.9 Å². The highest BCUT2D eigenvalue weighted by molar-refractivity contribution is 5.20. The van der Waals surface area contributed by atoms with Crippen molar-refractivity contribution in [2.45, 2.75) is 64.1 Å². The van der Waals surface area contributed by atoms with Crippen molar-refractivity contribution in [2.75, 3.05) is 6.61 Å². The first-order chi connectivity index (χ1) is 9.76. The molecule has 0 heterocycles. The zero-order valence-electron chi connectivity index (χ0n) is 12.8. The maximum atomic E-state index is 5.99. The third-order valence-electron chi connectivity index (χ3n) is 5.44. The number of ether oxygens (including phenoxy) is 1. The molecular formula is C18H27NO. The Morgan fingerprint density at radius 3 is 2.60 bits per heavy atom. The maximum absolute atomic E-state index is 5.99. The summed E-state index contributed by atoms with van der Waals surface area (Å²) in [6, 6.07) is 11.8. The molecule has 1 aromatic rings. The summed E-state index contributed by atoms with van der Waals surface area (Å²) in [4.78, 5) is 0. The van der Waals surface area contributed by atoms with E-state index in [2.05, 4.69) is 49.5 Å². The maximum Gasteiger partial charge on any atom is 0.0661 e. The quantitative estimate of drug-likeness (QED) is 0.873. The van der Waals surface area contributed by atoms with Crippen LogP contribution in [0.3, 0.4) is 0 Å². The van der Waals surface area contributed by atoms with E-state index >= 15 is 0 Å². The molecule has 2 nitrogen and oxygen atoms in total. The summed E-state index contributed by atoms with van der Waals surface area (Å²) in [5.74, 6) is 0. The molecule has 2 unspecified atom stereocenters. The molecule has 1 aromatic carbocycles. The van der Waals surface area contributed by atoms with Crippen molar-refractivity contribution in [3.8, 4) is 0 Å². The molecule has 20 heavy (non-hydrogen) atoms. The molecule has 0 bridgehead atoms. The molecule has 0 amide bonds. The lowest BCUT2D eigenvalue weighted by atomic mass is 9.60. The Morgan fingerprint density at radius 2 is 1.95 bits per heavy atom. The number of benzene rings is 1. The van der Waals surface area contributed by atoms with Gasteiger partial charge in [0, 0.05) is 24.1 Å². The van der Waals surface area contributed by atoms with Gasteiger partial charge in [0.2, 0.25) is 0 Å². The first-order valence-electron chi connectivity index (χ1n) is 8.19. The van der Waals surface area contributed by atoms with Gasteiger partial charge in [-0.3, -0.25) is 0 Å². The Balaban J connectivity index is 1.66. The smallest absolute Gasteiger partial charge is 0.0661 e. The van der Waals surface area contributed by atoms with E-state index in [0.717, 1.165) is 6.61 Å². The van der Waals surface area contributed by atoms with Crippen molar-refractivity contribution >= 4 is 0 Å². The Bertz CT molecular complexity index is 424. The summed E-state index contributed by atoms with van der Waals surface area (Å²) in [6.45, 7) is 5.26. The predicted octanol–water partition coefficient (Wildman–Crippen LogP) is 4.08. The lowest BCUT2D eigenvalue weighted by Gasteiger charge is -2.55. The molecule has 1 N–H and O–H groups in total. The second kappa shape index (κ2) is 5.87. The SMILES string of the molecule is CCOC1CC(N[C@@H](C)c2ccccc2)C12CCCC2. The monoisotopic (exact) mass is 273 g/mol. The molecule has 0 saturated heterocycles. The van der Waals surface area contributed by atoms with Crippen LogP contribution >= 0.6 is 0 Å². The van der Waals surface area contributed by atoms with Crippen LogP contribution in [0, 0.1) is 5.41 Å². The summed E-state index contributed by atoms with van der Waals surface area (Å²) < 4.78 is 5.99. The van der Waals surface area contributed by atoms with E-state index in [1.54, 1.807) is 0 Å². The fraction of sp³-hybridized carbons (Fsp3) is 0.667. The molecule has 3 atom stereocenters. The Morgan fingerprint density at radius 1 is 1.25 bits per heavy atom. The lowest BCUT2D eigenvalue weighted by molar-refractivity contribution is -0.132. The number of rotatable bonds is 5. The van der Waals surface area contributed by atoms with Crippen molar-refractivity contribution in [3.63, 3.8) is 0 Å². The summed E-state index contributed by atoms with van der Waals surface area (Å²) in [7, 11) is 0. The zero-order valence-corrected chi connectivity index (χ0v) is 12.8. The molecule has 0 radical (unpaired) electrons. The average molecular weight is 273 g/mol. The van der Waals surface area contributed by atoms with Gasteiger partial charge in [0.1, 0.15) is 0 Å². The van der Waals surface area contributed by atoms with E-state index in [1.807, 2.05) is 0 Å². The highest BCUT2D eigenvalue weighted by atomic mass is 16.5. The van der Waals surface area contributed by atoms with Gasteiger partial charge in [-0.05, 0) is 38.7 Å². The van der Waals surface area contributed by atoms with Gasteiger partial charge in [0.25, 0.3) is 0 Å². The first-order valence-corrected chi connectivity index (χ1v) is 8.19. The van der Waals surface area contributed by atoms with E-state index in [0.29, 0.717) is 23.6 Å². The van der Waals surface area contributed by atoms with E-state index in [4.69, 9.17) is 4.74 Å². The van der Waals surface area contributed by atoms with Crippen LogP contribution in [-0.2, 0) is 4.74 Å². The van der Waals surface area contributed by atoms with Crippen LogP contribution < -0.4 is 5.32 Å². The van der Waals surface area contributed by atoms with Crippen LogP contribution in [-0.4, -0.2) is 18.8 Å². The van der Waals surface area contributed by atoms with Gasteiger partial charge in [-0.1, -0.05) is 43.2 Å². The topological polar surface area (TPSA) is 21.3 Å². The first kappa shape index (κ1) is 14.1. The van der Waals surface area contributed by atoms with E-state index in [1.165, 1.54) is 37.7 Å². The van der Waals surface area contributed by atoms with Gasteiger partial charge >= 0.3 is 0 Å². The fourth-order valence-corrected chi connectivity index (χ4v) is 4.26. The fourth-order valence-electron chi connectivity index (χ4n) is 4.26. The second-order valence-corrected chi connectivity index (χ2v) is 6.47. The minimum atomic E-state index is 0.430. The standard InChI is InChI=1S/C18H27NO/c1-3-20-17-13-16(18(17)11-7-8-12-18)19-14(2)15-9-5-4-6-10-15/h4-6,9-10,14,16-17,19H,3,7-8,11-13H2,1-2H3/t14-,16?,17?/m0/s1. The van der Waals surface area contributed by atoms with E-state index in [9.17, 15) is 0 Å². The number of nitrogens with one attached hydrogen (secondary N) is 1. The molecule has 2 fully saturated rings. The van der Waals surface area contributed by atoms with Gasteiger partial charge in [0.15, 0.2) is 0 Å². The minimum absolute atomic E-state index is 0.430. The normalized spacial score (nSPS) is 29.3. The van der Waals surface area contributed by atoms with Crippen LogP contribution in [0.2, 0.25) is 0 Å². The van der Waals surface area contributed by atoms with Crippen molar-refractivity contribution < 1.29 is 4.74 Å². The average Bonchev–Trinajstić information content (AvgIpc) is 2.99. The Hall–Kier alpha value is -0.860. The lowest BCUT2D eigenvalue weighted by Crippen LogP contribution is -2.63. The largest absolute Gasteiger partial charge is 0.378 e. The van der Waals surface area contributed by atoms with Crippen LogP contribution in [0.1, 0.15) is 57.6 Å². The van der Waals surface area contributed by atoms with Gasteiger partial charge in [0.05, 0.1) is 6.10 Å². The third kappa shape index (κ3) is 2.40. The van der Waals surface area contributed by atoms with Gasteiger partial charge in [-0.2, -0.15) is 0 Å². The van der Waals surface area contributed by atoms with Crippen LogP contribution in [0.15, 0.2) is 30.3 Å². The van der Waals surface area contributed by atoms with Crippen molar-refractivity contribution in [2.24, 2.45) is 5.41 Å². The minimum Gasteiger partial charge on any atom is -0.378 e. The Kier molecular flexibility index (Phi) is 4.13. The van der Waals surface area contributed by atoms with Gasteiger partial charge < -0.3 is 10.1 Å². The summed E-state index contributed by atoms with van der Waals surface area (Å²) >= 11 is 0. The number of hydrogen-bond donors (Lipinski definition) is 1. The molecule has 2 aliphatic rings. The second-order valence-electron chi connectivity index (χ2n) is 6.47. The molecule has 2 aliphatic carbocycles. The zero-order chi connectivity index (χ0) is 14.0.